The van der Waals surface area contributed by atoms with Gasteiger partial charge < -0.3 is 9.15 Å². The second kappa shape index (κ2) is 6.52. The molecule has 22 heavy (non-hydrogen) atoms. The first-order valence-electron chi connectivity index (χ1n) is 6.24. The normalized spacial score (nSPS) is 10.6. The van der Waals surface area contributed by atoms with E-state index in [9.17, 15) is 4.79 Å². The smallest absolute Gasteiger partial charge is 0.340 e. The van der Waals surface area contributed by atoms with Crippen molar-refractivity contribution in [3.8, 4) is 10.8 Å². The van der Waals surface area contributed by atoms with Crippen molar-refractivity contribution in [2.24, 2.45) is 0 Å². The predicted octanol–water partition coefficient (Wildman–Crippen LogP) is 5.07. The van der Waals surface area contributed by atoms with Gasteiger partial charge in [0.05, 0.1) is 15.5 Å². The van der Waals surface area contributed by atoms with E-state index in [1.807, 2.05) is 17.5 Å². The van der Waals surface area contributed by atoms with Gasteiger partial charge in [-0.3, -0.25) is 0 Å². The van der Waals surface area contributed by atoms with Crippen LogP contribution < -0.4 is 0 Å². The number of ether oxygens (including phenoxy) is 1. The summed E-state index contributed by atoms with van der Waals surface area (Å²) in [6, 6.07) is 8.40. The van der Waals surface area contributed by atoms with E-state index in [0.29, 0.717) is 16.6 Å². The fourth-order valence-corrected chi connectivity index (χ4v) is 2.90. The third-order valence-electron chi connectivity index (χ3n) is 2.79. The highest BCUT2D eigenvalue weighted by atomic mass is 35.5. The summed E-state index contributed by atoms with van der Waals surface area (Å²) in [5.74, 6) is -0.0343. The maximum absolute atomic E-state index is 12.0. The number of benzene rings is 1. The highest BCUT2D eigenvalue weighted by molar-refractivity contribution is 7.13. The van der Waals surface area contributed by atoms with E-state index in [4.69, 9.17) is 32.4 Å². The van der Waals surface area contributed by atoms with Crippen LogP contribution in [0.15, 0.2) is 46.4 Å². The van der Waals surface area contributed by atoms with Crippen LogP contribution in [0.2, 0.25) is 10.0 Å². The molecule has 2 aromatic heterocycles. The summed E-state index contributed by atoms with van der Waals surface area (Å²) in [6.45, 7) is 0.00661. The van der Waals surface area contributed by atoms with E-state index < -0.39 is 5.97 Å². The van der Waals surface area contributed by atoms with Crippen LogP contribution in [0.4, 0.5) is 0 Å². The van der Waals surface area contributed by atoms with E-state index in [1.165, 1.54) is 29.7 Å². The predicted molar refractivity (Wildman–Crippen MR) is 85.4 cm³/mol. The fourth-order valence-electron chi connectivity index (χ4n) is 1.76. The van der Waals surface area contributed by atoms with Gasteiger partial charge in [-0.05, 0) is 29.6 Å². The Hall–Kier alpha value is -1.82. The summed E-state index contributed by atoms with van der Waals surface area (Å²) in [5, 5.41) is 2.64. The molecule has 3 rings (SSSR count). The second-order valence-electron chi connectivity index (χ2n) is 4.32. The van der Waals surface area contributed by atoms with Crippen LogP contribution in [-0.2, 0) is 11.3 Å². The summed E-state index contributed by atoms with van der Waals surface area (Å²) < 4.78 is 10.5. The van der Waals surface area contributed by atoms with Gasteiger partial charge in [-0.25, -0.2) is 9.78 Å². The van der Waals surface area contributed by atoms with Crippen molar-refractivity contribution in [1.82, 2.24) is 4.98 Å². The van der Waals surface area contributed by atoms with Gasteiger partial charge in [0, 0.05) is 5.02 Å². The maximum atomic E-state index is 12.0. The van der Waals surface area contributed by atoms with Gasteiger partial charge in [-0.15, -0.1) is 11.3 Å². The van der Waals surface area contributed by atoms with E-state index in [2.05, 4.69) is 4.98 Å². The highest BCUT2D eigenvalue weighted by Crippen LogP contribution is 2.24. The molecule has 0 spiro atoms. The molecule has 0 unspecified atom stereocenters. The molecule has 0 aliphatic heterocycles. The third kappa shape index (κ3) is 3.32. The number of halogens is 2. The Bertz CT molecular complexity index is 799. The lowest BCUT2D eigenvalue weighted by atomic mass is 10.2. The molecule has 0 saturated heterocycles. The molecule has 0 bridgehead atoms. The minimum absolute atomic E-state index is 0.00661. The third-order valence-corrected chi connectivity index (χ3v) is 4.19. The number of rotatable bonds is 4. The first-order chi connectivity index (χ1) is 10.6. The Balaban J connectivity index is 1.66. The molecule has 4 nitrogen and oxygen atoms in total. The zero-order valence-electron chi connectivity index (χ0n) is 11.1. The number of thiophene rings is 1. The lowest BCUT2D eigenvalue weighted by Crippen LogP contribution is -2.06. The zero-order chi connectivity index (χ0) is 15.5. The van der Waals surface area contributed by atoms with Crippen LogP contribution >= 0.6 is 34.5 Å². The topological polar surface area (TPSA) is 52.3 Å². The first-order valence-corrected chi connectivity index (χ1v) is 7.87. The number of aromatic nitrogens is 1. The van der Waals surface area contributed by atoms with Gasteiger partial charge in [-0.2, -0.15) is 0 Å². The molecule has 7 heteroatoms. The van der Waals surface area contributed by atoms with Crippen molar-refractivity contribution in [2.75, 3.05) is 0 Å². The Kier molecular flexibility index (Phi) is 4.47. The Labute approximate surface area is 140 Å². The van der Waals surface area contributed by atoms with Crippen molar-refractivity contribution in [3.63, 3.8) is 0 Å². The standard InChI is InChI=1S/C15H9Cl2NO3S/c16-9-3-4-11(12(17)6-9)15(19)21-8-10-7-20-14(18-10)13-2-1-5-22-13/h1-7H,8H2. The zero-order valence-corrected chi connectivity index (χ0v) is 13.4. The summed E-state index contributed by atoms with van der Waals surface area (Å²) in [6.07, 6.45) is 1.46. The van der Waals surface area contributed by atoms with Crippen LogP contribution in [0, 0.1) is 0 Å². The van der Waals surface area contributed by atoms with Crippen LogP contribution in [-0.4, -0.2) is 11.0 Å². The Morgan fingerprint density at radius 3 is 2.91 bits per heavy atom. The van der Waals surface area contributed by atoms with Gasteiger partial charge in [-0.1, -0.05) is 29.3 Å². The fraction of sp³-hybridized carbons (Fsp3) is 0.0667. The van der Waals surface area contributed by atoms with Crippen molar-refractivity contribution >= 4 is 40.5 Å². The molecule has 0 atom stereocenters. The molecular weight excluding hydrogens is 345 g/mol. The number of carbonyl (C=O) groups is 1. The molecule has 112 valence electrons. The van der Waals surface area contributed by atoms with Gasteiger partial charge in [0.15, 0.2) is 0 Å². The molecule has 0 radical (unpaired) electrons. The maximum Gasteiger partial charge on any atom is 0.340 e. The van der Waals surface area contributed by atoms with Crippen LogP contribution in [0.5, 0.6) is 0 Å². The molecule has 0 aliphatic rings. The molecule has 0 fully saturated rings. The van der Waals surface area contributed by atoms with Crippen LogP contribution in [0.3, 0.4) is 0 Å². The molecular formula is C15H9Cl2NO3S. The van der Waals surface area contributed by atoms with Crippen LogP contribution in [0.25, 0.3) is 10.8 Å². The Morgan fingerprint density at radius 2 is 2.18 bits per heavy atom. The van der Waals surface area contributed by atoms with Crippen molar-refractivity contribution in [1.29, 1.82) is 0 Å². The summed E-state index contributed by atoms with van der Waals surface area (Å²) >= 11 is 13.3. The monoisotopic (exact) mass is 353 g/mol. The summed E-state index contributed by atoms with van der Waals surface area (Å²) in [7, 11) is 0. The molecule has 0 aliphatic carbocycles. The van der Waals surface area contributed by atoms with Gasteiger partial charge in [0.25, 0.3) is 0 Å². The number of esters is 1. The first kappa shape index (κ1) is 15.1. The van der Waals surface area contributed by atoms with E-state index >= 15 is 0 Å². The average Bonchev–Trinajstić information content (AvgIpc) is 3.16. The lowest BCUT2D eigenvalue weighted by molar-refractivity contribution is 0.0468. The highest BCUT2D eigenvalue weighted by Gasteiger charge is 2.14. The van der Waals surface area contributed by atoms with Gasteiger partial charge >= 0.3 is 5.97 Å². The molecule has 2 heterocycles. The largest absolute Gasteiger partial charge is 0.455 e. The SMILES string of the molecule is O=C(OCc1coc(-c2cccs2)n1)c1ccc(Cl)cc1Cl. The van der Waals surface area contributed by atoms with Gasteiger partial charge in [0.2, 0.25) is 5.89 Å². The molecule has 0 saturated carbocycles. The Morgan fingerprint density at radius 1 is 1.32 bits per heavy atom. The number of oxazole rings is 1. The number of nitrogens with zero attached hydrogens (tertiary/aromatic N) is 1. The van der Waals surface area contributed by atoms with Crippen molar-refractivity contribution in [3.05, 3.63) is 63.3 Å². The van der Waals surface area contributed by atoms with Gasteiger partial charge in [0.1, 0.15) is 18.6 Å². The molecule has 0 amide bonds. The van der Waals surface area contributed by atoms with E-state index in [1.54, 1.807) is 6.07 Å². The quantitative estimate of drug-likeness (QED) is 0.614. The van der Waals surface area contributed by atoms with Crippen molar-refractivity contribution in [2.45, 2.75) is 6.61 Å². The average molecular weight is 354 g/mol. The molecule has 0 N–H and O–H groups in total. The minimum Gasteiger partial charge on any atom is -0.455 e. The summed E-state index contributed by atoms with van der Waals surface area (Å²) in [5.41, 5.74) is 0.787. The number of hydrogen-bond donors (Lipinski definition) is 0. The summed E-state index contributed by atoms with van der Waals surface area (Å²) in [4.78, 5) is 17.2. The molecule has 1 aromatic carbocycles. The minimum atomic E-state index is -0.539. The van der Waals surface area contributed by atoms with E-state index in [0.717, 1.165) is 4.88 Å². The second-order valence-corrected chi connectivity index (χ2v) is 6.11. The van der Waals surface area contributed by atoms with Crippen LogP contribution in [0.1, 0.15) is 16.1 Å². The molecule has 3 aromatic rings. The number of hydrogen-bond acceptors (Lipinski definition) is 5. The van der Waals surface area contributed by atoms with Crippen molar-refractivity contribution < 1.29 is 13.9 Å². The lowest BCUT2D eigenvalue weighted by Gasteiger charge is -2.04. The number of carbonyl (C=O) groups excluding carboxylic acids is 1. The van der Waals surface area contributed by atoms with E-state index in [-0.39, 0.29) is 17.2 Å².